The van der Waals surface area contributed by atoms with E-state index in [0.717, 1.165) is 18.5 Å². The van der Waals surface area contributed by atoms with Gasteiger partial charge in [-0.15, -0.1) is 0 Å². The van der Waals surface area contributed by atoms with Gasteiger partial charge in [-0.1, -0.05) is 19.0 Å². The van der Waals surface area contributed by atoms with Crippen LogP contribution in [0.2, 0.25) is 0 Å². The van der Waals surface area contributed by atoms with Crippen LogP contribution in [0.5, 0.6) is 0 Å². The molecule has 0 radical (unpaired) electrons. The van der Waals surface area contributed by atoms with Gasteiger partial charge in [-0.3, -0.25) is 0 Å². The van der Waals surface area contributed by atoms with Gasteiger partial charge in [0.15, 0.2) is 5.76 Å². The molecule has 0 amide bonds. The Morgan fingerprint density at radius 2 is 2.24 bits per heavy atom. The third-order valence-corrected chi connectivity index (χ3v) is 2.42. The molecule has 1 N–H and O–H groups in total. The van der Waals surface area contributed by atoms with Crippen LogP contribution in [-0.2, 0) is 6.42 Å². The van der Waals surface area contributed by atoms with Gasteiger partial charge in [0.2, 0.25) is 11.7 Å². The average molecular weight is 235 g/mol. The number of aromatic nitrogens is 2. The first-order valence-corrected chi connectivity index (χ1v) is 5.77. The highest BCUT2D eigenvalue weighted by atomic mass is 16.5. The molecule has 0 unspecified atom stereocenters. The maximum Gasteiger partial charge on any atom is 0.238 e. The first-order chi connectivity index (χ1) is 8.16. The minimum absolute atomic E-state index is 0.463. The molecule has 0 saturated heterocycles. The summed E-state index contributed by atoms with van der Waals surface area (Å²) >= 11 is 0. The first-order valence-electron chi connectivity index (χ1n) is 5.77. The van der Waals surface area contributed by atoms with Crippen LogP contribution >= 0.6 is 0 Å². The summed E-state index contributed by atoms with van der Waals surface area (Å²) < 4.78 is 10.5. The summed E-state index contributed by atoms with van der Waals surface area (Å²) in [5.41, 5.74) is 1.01. The molecular formula is C12H17N3O2. The van der Waals surface area contributed by atoms with Gasteiger partial charge in [0.1, 0.15) is 0 Å². The second kappa shape index (κ2) is 5.14. The summed E-state index contributed by atoms with van der Waals surface area (Å²) in [6, 6.07) is 2.34. The van der Waals surface area contributed by atoms with Crippen LogP contribution in [-0.4, -0.2) is 22.7 Å². The van der Waals surface area contributed by atoms with Crippen molar-refractivity contribution in [3.63, 3.8) is 0 Å². The molecule has 0 spiro atoms. The summed E-state index contributed by atoms with van der Waals surface area (Å²) in [5.74, 6) is 1.83. The molecule has 0 saturated carbocycles. The van der Waals surface area contributed by atoms with E-state index in [1.54, 1.807) is 6.26 Å². The average Bonchev–Trinajstić information content (AvgIpc) is 2.86. The molecule has 0 aliphatic carbocycles. The molecule has 92 valence electrons. The lowest BCUT2D eigenvalue weighted by atomic mass is 10.3. The van der Waals surface area contributed by atoms with Crippen molar-refractivity contribution >= 4 is 0 Å². The van der Waals surface area contributed by atoms with Crippen molar-refractivity contribution in [3.05, 3.63) is 23.8 Å². The summed E-state index contributed by atoms with van der Waals surface area (Å²) in [4.78, 5) is 4.30. The highest BCUT2D eigenvalue weighted by Crippen LogP contribution is 2.20. The molecule has 5 heteroatoms. The van der Waals surface area contributed by atoms with Crippen LogP contribution in [0.25, 0.3) is 11.6 Å². The zero-order valence-corrected chi connectivity index (χ0v) is 10.4. The smallest absolute Gasteiger partial charge is 0.238 e. The van der Waals surface area contributed by atoms with E-state index in [0.29, 0.717) is 23.5 Å². The van der Waals surface area contributed by atoms with E-state index in [1.807, 2.05) is 13.0 Å². The Morgan fingerprint density at radius 3 is 2.88 bits per heavy atom. The minimum atomic E-state index is 0.463. The van der Waals surface area contributed by atoms with Gasteiger partial charge >= 0.3 is 0 Å². The highest BCUT2D eigenvalue weighted by Gasteiger charge is 2.13. The number of aryl methyl sites for hydroxylation is 1. The SMILES string of the molecule is Cc1ccoc1-c1noc(CCNC(C)C)n1. The van der Waals surface area contributed by atoms with Crippen LogP contribution < -0.4 is 5.32 Å². The van der Waals surface area contributed by atoms with Crippen LogP contribution in [0.1, 0.15) is 25.3 Å². The van der Waals surface area contributed by atoms with Gasteiger partial charge in [-0.05, 0) is 18.6 Å². The summed E-state index contributed by atoms with van der Waals surface area (Å²) in [7, 11) is 0. The van der Waals surface area contributed by atoms with E-state index < -0.39 is 0 Å². The maximum absolute atomic E-state index is 5.31. The fourth-order valence-electron chi connectivity index (χ4n) is 1.52. The van der Waals surface area contributed by atoms with Crippen LogP contribution in [0.4, 0.5) is 0 Å². The van der Waals surface area contributed by atoms with Gasteiger partial charge in [-0.25, -0.2) is 0 Å². The Bertz CT molecular complexity index is 474. The largest absolute Gasteiger partial charge is 0.461 e. The van der Waals surface area contributed by atoms with Gasteiger partial charge < -0.3 is 14.3 Å². The van der Waals surface area contributed by atoms with Crippen molar-refractivity contribution in [2.75, 3.05) is 6.54 Å². The summed E-state index contributed by atoms with van der Waals surface area (Å²) in [6.45, 7) is 6.99. The van der Waals surface area contributed by atoms with E-state index in [2.05, 4.69) is 29.3 Å². The molecule has 2 aromatic heterocycles. The zero-order chi connectivity index (χ0) is 12.3. The van der Waals surface area contributed by atoms with Gasteiger partial charge in [0.05, 0.1) is 6.26 Å². The molecule has 2 rings (SSSR count). The monoisotopic (exact) mass is 235 g/mol. The number of hydrogen-bond acceptors (Lipinski definition) is 5. The van der Waals surface area contributed by atoms with Crippen LogP contribution in [0.15, 0.2) is 21.3 Å². The van der Waals surface area contributed by atoms with Gasteiger partial charge in [-0.2, -0.15) is 4.98 Å². The second-order valence-electron chi connectivity index (χ2n) is 4.30. The number of furan rings is 1. The van der Waals surface area contributed by atoms with Crippen molar-refractivity contribution in [1.82, 2.24) is 15.5 Å². The molecule has 5 nitrogen and oxygen atoms in total. The molecule has 0 bridgehead atoms. The third-order valence-electron chi connectivity index (χ3n) is 2.42. The van der Waals surface area contributed by atoms with Crippen LogP contribution in [0, 0.1) is 6.92 Å². The number of nitrogens with zero attached hydrogens (tertiary/aromatic N) is 2. The van der Waals surface area contributed by atoms with Crippen molar-refractivity contribution in [1.29, 1.82) is 0 Å². The standard InChI is InChI=1S/C12H17N3O2/c1-8(2)13-6-4-10-14-12(15-17-10)11-9(3)5-7-16-11/h5,7-8,13H,4,6H2,1-3H3. The lowest BCUT2D eigenvalue weighted by molar-refractivity contribution is 0.373. The predicted octanol–water partition coefficient (Wildman–Crippen LogP) is 2.18. The molecule has 0 atom stereocenters. The Hall–Kier alpha value is -1.62. The summed E-state index contributed by atoms with van der Waals surface area (Å²) in [6.07, 6.45) is 2.35. The molecule has 17 heavy (non-hydrogen) atoms. The molecule has 2 heterocycles. The van der Waals surface area contributed by atoms with E-state index in [-0.39, 0.29) is 0 Å². The van der Waals surface area contributed by atoms with Crippen molar-refractivity contribution in [2.24, 2.45) is 0 Å². The van der Waals surface area contributed by atoms with Crippen molar-refractivity contribution < 1.29 is 8.94 Å². The molecule has 0 aliphatic heterocycles. The molecule has 0 fully saturated rings. The Kier molecular flexibility index (Phi) is 3.58. The van der Waals surface area contributed by atoms with E-state index in [4.69, 9.17) is 8.94 Å². The molecule has 2 aromatic rings. The molecule has 0 aromatic carbocycles. The highest BCUT2D eigenvalue weighted by molar-refractivity contribution is 5.50. The van der Waals surface area contributed by atoms with Crippen LogP contribution in [0.3, 0.4) is 0 Å². The van der Waals surface area contributed by atoms with Gasteiger partial charge in [0.25, 0.3) is 0 Å². The lowest BCUT2D eigenvalue weighted by Crippen LogP contribution is -2.25. The Labute approximate surface area is 100 Å². The maximum atomic E-state index is 5.31. The summed E-state index contributed by atoms with van der Waals surface area (Å²) in [5, 5.41) is 7.21. The van der Waals surface area contributed by atoms with E-state index in [1.165, 1.54) is 0 Å². The predicted molar refractivity (Wildman–Crippen MR) is 63.6 cm³/mol. The van der Waals surface area contributed by atoms with E-state index in [9.17, 15) is 0 Å². The zero-order valence-electron chi connectivity index (χ0n) is 10.4. The number of rotatable bonds is 5. The molecular weight excluding hydrogens is 218 g/mol. The normalized spacial score (nSPS) is 11.3. The Balaban J connectivity index is 1.99. The van der Waals surface area contributed by atoms with Crippen molar-refractivity contribution in [2.45, 2.75) is 33.2 Å². The fraction of sp³-hybridized carbons (Fsp3) is 0.500. The van der Waals surface area contributed by atoms with E-state index >= 15 is 0 Å². The number of hydrogen-bond donors (Lipinski definition) is 1. The second-order valence-corrected chi connectivity index (χ2v) is 4.30. The van der Waals surface area contributed by atoms with Crippen molar-refractivity contribution in [3.8, 4) is 11.6 Å². The first kappa shape index (κ1) is 11.9. The number of nitrogens with one attached hydrogen (secondary N) is 1. The molecule has 0 aliphatic rings. The third kappa shape index (κ3) is 2.94. The minimum Gasteiger partial charge on any atom is -0.461 e. The quantitative estimate of drug-likeness (QED) is 0.860. The topological polar surface area (TPSA) is 64.1 Å². The fourth-order valence-corrected chi connectivity index (χ4v) is 1.52. The van der Waals surface area contributed by atoms with Gasteiger partial charge in [0, 0.05) is 19.0 Å². The lowest BCUT2D eigenvalue weighted by Gasteiger charge is -2.04. The Morgan fingerprint density at radius 1 is 1.41 bits per heavy atom.